The van der Waals surface area contributed by atoms with Gasteiger partial charge in [0, 0.05) is 22.7 Å². The summed E-state index contributed by atoms with van der Waals surface area (Å²) in [6, 6.07) is 18.1. The van der Waals surface area contributed by atoms with Crippen LogP contribution in [0.1, 0.15) is 0 Å². The number of fused-ring (bicyclic) bond motifs is 1. The Morgan fingerprint density at radius 3 is 2.35 bits per heavy atom. The van der Waals surface area contributed by atoms with Crippen LogP contribution in [0.3, 0.4) is 0 Å². The van der Waals surface area contributed by atoms with E-state index in [2.05, 4.69) is 15.0 Å². The van der Waals surface area contributed by atoms with Gasteiger partial charge in [-0.1, -0.05) is 12.1 Å². The van der Waals surface area contributed by atoms with Crippen LogP contribution in [0.25, 0.3) is 33.4 Å². The number of aromatic nitrogens is 3. The number of rotatable bonds is 2. The standard InChI is InChI=1S/C19H12FN3/c20-15-7-4-13(5-8-15)19-16-9-6-14(11-18(16)22-12-23-19)17-3-1-2-10-21-17/h1-12H. The summed E-state index contributed by atoms with van der Waals surface area (Å²) < 4.78 is 13.1. The molecule has 0 aliphatic rings. The second-order valence-electron chi connectivity index (χ2n) is 5.18. The van der Waals surface area contributed by atoms with E-state index in [0.29, 0.717) is 0 Å². The van der Waals surface area contributed by atoms with E-state index >= 15 is 0 Å². The molecule has 0 atom stereocenters. The molecule has 23 heavy (non-hydrogen) atoms. The van der Waals surface area contributed by atoms with Crippen molar-refractivity contribution < 1.29 is 4.39 Å². The lowest BCUT2D eigenvalue weighted by Crippen LogP contribution is -1.90. The van der Waals surface area contributed by atoms with Crippen molar-refractivity contribution in [2.24, 2.45) is 0 Å². The van der Waals surface area contributed by atoms with Gasteiger partial charge in [0.2, 0.25) is 0 Å². The van der Waals surface area contributed by atoms with E-state index in [4.69, 9.17) is 0 Å². The van der Waals surface area contributed by atoms with Crippen molar-refractivity contribution in [3.05, 3.63) is 79.0 Å². The molecule has 110 valence electrons. The van der Waals surface area contributed by atoms with Crippen molar-refractivity contribution in [2.75, 3.05) is 0 Å². The maximum absolute atomic E-state index is 13.1. The lowest BCUT2D eigenvalue weighted by molar-refractivity contribution is 0.628. The Labute approximate surface area is 132 Å². The number of hydrogen-bond acceptors (Lipinski definition) is 3. The zero-order valence-corrected chi connectivity index (χ0v) is 12.1. The summed E-state index contributed by atoms with van der Waals surface area (Å²) in [5.41, 5.74) is 4.40. The second kappa shape index (κ2) is 5.57. The van der Waals surface area contributed by atoms with Gasteiger partial charge in [0.05, 0.1) is 16.9 Å². The third-order valence-corrected chi connectivity index (χ3v) is 3.71. The van der Waals surface area contributed by atoms with Crippen LogP contribution in [0.4, 0.5) is 4.39 Å². The van der Waals surface area contributed by atoms with Gasteiger partial charge >= 0.3 is 0 Å². The monoisotopic (exact) mass is 301 g/mol. The molecule has 0 saturated heterocycles. The molecule has 0 spiro atoms. The molecular formula is C19H12FN3. The van der Waals surface area contributed by atoms with E-state index < -0.39 is 0 Å². The third kappa shape index (κ3) is 2.55. The smallest absolute Gasteiger partial charge is 0.123 e. The normalized spacial score (nSPS) is 10.8. The van der Waals surface area contributed by atoms with Gasteiger partial charge in [0.25, 0.3) is 0 Å². The highest BCUT2D eigenvalue weighted by molar-refractivity contribution is 5.94. The van der Waals surface area contributed by atoms with Gasteiger partial charge in [0.1, 0.15) is 12.1 Å². The molecule has 0 aliphatic carbocycles. The van der Waals surface area contributed by atoms with Crippen LogP contribution >= 0.6 is 0 Å². The average Bonchev–Trinajstić information content (AvgIpc) is 2.62. The summed E-state index contributed by atoms with van der Waals surface area (Å²) in [6.07, 6.45) is 3.30. The maximum Gasteiger partial charge on any atom is 0.123 e. The van der Waals surface area contributed by atoms with E-state index in [1.54, 1.807) is 18.3 Å². The Morgan fingerprint density at radius 2 is 1.57 bits per heavy atom. The van der Waals surface area contributed by atoms with Gasteiger partial charge in [-0.2, -0.15) is 0 Å². The minimum Gasteiger partial charge on any atom is -0.256 e. The van der Waals surface area contributed by atoms with Gasteiger partial charge in [-0.05, 0) is 48.5 Å². The molecule has 3 nitrogen and oxygen atoms in total. The van der Waals surface area contributed by atoms with E-state index in [1.165, 1.54) is 18.5 Å². The highest BCUT2D eigenvalue weighted by atomic mass is 19.1. The molecule has 4 aromatic rings. The zero-order chi connectivity index (χ0) is 15.6. The molecule has 4 heteroatoms. The Kier molecular flexibility index (Phi) is 3.27. The molecule has 0 bridgehead atoms. The van der Waals surface area contributed by atoms with Gasteiger partial charge < -0.3 is 0 Å². The first-order valence-electron chi connectivity index (χ1n) is 7.23. The third-order valence-electron chi connectivity index (χ3n) is 3.71. The van der Waals surface area contributed by atoms with Crippen molar-refractivity contribution in [3.8, 4) is 22.5 Å². The summed E-state index contributed by atoms with van der Waals surface area (Å²) in [4.78, 5) is 13.1. The Balaban J connectivity index is 1.87. The summed E-state index contributed by atoms with van der Waals surface area (Å²) in [5.74, 6) is -0.260. The minimum absolute atomic E-state index is 0.260. The molecule has 0 fully saturated rings. The highest BCUT2D eigenvalue weighted by Crippen LogP contribution is 2.28. The number of hydrogen-bond donors (Lipinski definition) is 0. The molecule has 0 N–H and O–H groups in total. The van der Waals surface area contributed by atoms with E-state index in [0.717, 1.165) is 33.4 Å². The quantitative estimate of drug-likeness (QED) is 0.547. The van der Waals surface area contributed by atoms with E-state index in [1.807, 2.05) is 36.4 Å². The average molecular weight is 301 g/mol. The first-order chi connectivity index (χ1) is 11.3. The van der Waals surface area contributed by atoms with E-state index in [-0.39, 0.29) is 5.82 Å². The summed E-state index contributed by atoms with van der Waals surface area (Å²) in [6.45, 7) is 0. The summed E-state index contributed by atoms with van der Waals surface area (Å²) in [7, 11) is 0. The number of halogens is 1. The number of benzene rings is 2. The largest absolute Gasteiger partial charge is 0.256 e. The summed E-state index contributed by atoms with van der Waals surface area (Å²) in [5, 5.41) is 0.929. The predicted octanol–water partition coefficient (Wildman–Crippen LogP) is 4.50. The van der Waals surface area contributed by atoms with Gasteiger partial charge in [-0.25, -0.2) is 14.4 Å². The van der Waals surface area contributed by atoms with Crippen LogP contribution in [0.2, 0.25) is 0 Å². The Hall–Kier alpha value is -3.14. The second-order valence-corrected chi connectivity index (χ2v) is 5.18. The van der Waals surface area contributed by atoms with Crippen LogP contribution in [0, 0.1) is 5.82 Å². The Bertz CT molecular complexity index is 967. The molecule has 2 aromatic carbocycles. The fourth-order valence-electron chi connectivity index (χ4n) is 2.59. The maximum atomic E-state index is 13.1. The fourth-order valence-corrected chi connectivity index (χ4v) is 2.59. The molecular weight excluding hydrogens is 289 g/mol. The van der Waals surface area contributed by atoms with Crippen molar-refractivity contribution in [2.45, 2.75) is 0 Å². The molecule has 0 radical (unpaired) electrons. The topological polar surface area (TPSA) is 38.7 Å². The van der Waals surface area contributed by atoms with Gasteiger partial charge in [-0.15, -0.1) is 0 Å². The molecule has 0 unspecified atom stereocenters. The highest BCUT2D eigenvalue weighted by Gasteiger charge is 2.08. The van der Waals surface area contributed by atoms with Crippen LogP contribution in [0.15, 0.2) is 73.2 Å². The predicted molar refractivity (Wildman–Crippen MR) is 88.2 cm³/mol. The zero-order valence-electron chi connectivity index (χ0n) is 12.1. The number of nitrogens with zero attached hydrogens (tertiary/aromatic N) is 3. The van der Waals surface area contributed by atoms with Crippen LogP contribution in [0.5, 0.6) is 0 Å². The molecule has 2 heterocycles. The van der Waals surface area contributed by atoms with Crippen molar-refractivity contribution >= 4 is 10.9 Å². The van der Waals surface area contributed by atoms with Crippen molar-refractivity contribution in [3.63, 3.8) is 0 Å². The first-order valence-corrected chi connectivity index (χ1v) is 7.23. The molecule has 4 rings (SSSR count). The molecule has 0 amide bonds. The first kappa shape index (κ1) is 13.5. The van der Waals surface area contributed by atoms with Crippen molar-refractivity contribution in [1.29, 1.82) is 0 Å². The van der Waals surface area contributed by atoms with Crippen molar-refractivity contribution in [1.82, 2.24) is 15.0 Å². The Morgan fingerprint density at radius 1 is 0.739 bits per heavy atom. The van der Waals surface area contributed by atoms with Gasteiger partial charge in [-0.3, -0.25) is 4.98 Å². The van der Waals surface area contributed by atoms with Gasteiger partial charge in [0.15, 0.2) is 0 Å². The van der Waals surface area contributed by atoms with Crippen LogP contribution < -0.4 is 0 Å². The molecule has 0 saturated carbocycles. The molecule has 0 aliphatic heterocycles. The SMILES string of the molecule is Fc1ccc(-c2ncnc3cc(-c4ccccn4)ccc23)cc1. The lowest BCUT2D eigenvalue weighted by atomic mass is 10.0. The minimum atomic E-state index is -0.260. The van der Waals surface area contributed by atoms with E-state index in [9.17, 15) is 4.39 Å². The fraction of sp³-hybridized carbons (Fsp3) is 0. The van der Waals surface area contributed by atoms with Crippen LogP contribution in [-0.4, -0.2) is 15.0 Å². The number of pyridine rings is 1. The van der Waals surface area contributed by atoms with Crippen LogP contribution in [-0.2, 0) is 0 Å². The summed E-state index contributed by atoms with van der Waals surface area (Å²) >= 11 is 0. The lowest BCUT2D eigenvalue weighted by Gasteiger charge is -2.07. The molecule has 2 aromatic heterocycles.